The lowest BCUT2D eigenvalue weighted by atomic mass is 10.1. The maximum absolute atomic E-state index is 12.0. The van der Waals surface area contributed by atoms with Crippen molar-refractivity contribution in [2.45, 2.75) is 11.6 Å². The molecule has 2 N–H and O–H groups in total. The Morgan fingerprint density at radius 1 is 1.30 bits per heavy atom. The first-order chi connectivity index (χ1) is 9.26. The van der Waals surface area contributed by atoms with Gasteiger partial charge in [0, 0.05) is 4.47 Å². The summed E-state index contributed by atoms with van der Waals surface area (Å²) in [6, 6.07) is 3.22. The molecule has 0 aliphatic carbocycles. The molecule has 0 aliphatic heterocycles. The number of aromatic nitrogens is 2. The zero-order valence-corrected chi connectivity index (χ0v) is 12.2. The van der Waals surface area contributed by atoms with Crippen LogP contribution in [0.25, 0.3) is 11.0 Å². The predicted octanol–water partition coefficient (Wildman–Crippen LogP) is 3.48. The number of hydrogen-bond acceptors (Lipinski definition) is 2. The Hall–Kier alpha value is -0.990. The number of fused-ring (bicyclic) bond motifs is 1. The molecular weight excluding hydrogens is 364 g/mol. The molecule has 1 aromatic heterocycles. The molecule has 0 saturated carbocycles. The third-order valence-corrected chi connectivity index (χ3v) is 3.55. The molecule has 1 aromatic carbocycles. The number of hydrogen-bond donors (Lipinski definition) is 2. The van der Waals surface area contributed by atoms with Crippen LogP contribution < -0.4 is 5.69 Å². The van der Waals surface area contributed by atoms with Gasteiger partial charge in [-0.25, -0.2) is 4.79 Å². The highest BCUT2D eigenvalue weighted by Gasteiger charge is 2.28. The van der Waals surface area contributed by atoms with Gasteiger partial charge >= 0.3 is 11.9 Å². The molecule has 110 valence electrons. The van der Waals surface area contributed by atoms with Crippen LogP contribution in [-0.4, -0.2) is 29.4 Å². The Kier molecular flexibility index (Phi) is 4.46. The second-order valence-electron chi connectivity index (χ2n) is 4.10. The number of halogens is 5. The summed E-state index contributed by atoms with van der Waals surface area (Å²) in [5.74, 6) is 0. The number of imidazole rings is 1. The van der Waals surface area contributed by atoms with E-state index in [4.69, 9.17) is 11.6 Å². The molecule has 0 aliphatic rings. The van der Waals surface area contributed by atoms with Crippen molar-refractivity contribution < 1.29 is 17.9 Å². The maximum atomic E-state index is 12.0. The van der Waals surface area contributed by atoms with Crippen LogP contribution in [0.3, 0.4) is 0 Å². The van der Waals surface area contributed by atoms with Crippen LogP contribution in [0.4, 0.5) is 13.2 Å². The molecule has 0 fully saturated rings. The van der Waals surface area contributed by atoms with Crippen LogP contribution >= 0.6 is 27.5 Å². The van der Waals surface area contributed by atoms with Gasteiger partial charge in [-0.2, -0.15) is 13.2 Å². The molecule has 1 heterocycles. The van der Waals surface area contributed by atoms with Crippen LogP contribution in [0.2, 0.25) is 0 Å². The van der Waals surface area contributed by atoms with Crippen molar-refractivity contribution in [3.63, 3.8) is 0 Å². The van der Waals surface area contributed by atoms with E-state index in [1.54, 1.807) is 12.1 Å². The first-order valence-corrected chi connectivity index (χ1v) is 6.69. The second kappa shape index (κ2) is 5.79. The third kappa shape index (κ3) is 3.77. The number of alkyl halides is 4. The summed E-state index contributed by atoms with van der Waals surface area (Å²) in [4.78, 5) is 16.3. The monoisotopic (exact) mass is 372 g/mol. The topological polar surface area (TPSA) is 57.9 Å². The highest BCUT2D eigenvalue weighted by Crippen LogP contribution is 2.31. The average Bonchev–Trinajstić information content (AvgIpc) is 2.65. The molecule has 1 atom stereocenters. The van der Waals surface area contributed by atoms with Crippen molar-refractivity contribution in [3.8, 4) is 0 Å². The van der Waals surface area contributed by atoms with E-state index in [9.17, 15) is 18.0 Å². The molecule has 0 saturated heterocycles. The lowest BCUT2D eigenvalue weighted by molar-refractivity contribution is -0.173. The van der Waals surface area contributed by atoms with Crippen LogP contribution in [-0.2, 0) is 4.74 Å². The highest BCUT2D eigenvalue weighted by atomic mass is 79.9. The number of rotatable bonds is 4. The fraction of sp³-hybridized carbons (Fsp3) is 0.364. The van der Waals surface area contributed by atoms with Gasteiger partial charge in [0.05, 0.1) is 23.0 Å². The number of benzene rings is 1. The van der Waals surface area contributed by atoms with Gasteiger partial charge < -0.3 is 14.7 Å². The zero-order valence-electron chi connectivity index (χ0n) is 9.85. The Labute approximate surface area is 124 Å². The van der Waals surface area contributed by atoms with Crippen molar-refractivity contribution in [1.82, 2.24) is 9.97 Å². The van der Waals surface area contributed by atoms with Crippen molar-refractivity contribution in [3.05, 3.63) is 32.7 Å². The lowest BCUT2D eigenvalue weighted by Crippen LogP contribution is -2.18. The molecular formula is C11H9BrClF3N2O2. The third-order valence-electron chi connectivity index (χ3n) is 2.50. The number of ether oxygens (including phenoxy) is 1. The number of aromatic amines is 2. The first-order valence-electron chi connectivity index (χ1n) is 5.46. The summed E-state index contributed by atoms with van der Waals surface area (Å²) < 4.78 is 41.0. The van der Waals surface area contributed by atoms with Gasteiger partial charge in [0.2, 0.25) is 0 Å². The molecule has 0 spiro atoms. The Morgan fingerprint density at radius 2 is 1.90 bits per heavy atom. The van der Waals surface area contributed by atoms with Gasteiger partial charge in [-0.3, -0.25) is 0 Å². The predicted molar refractivity (Wildman–Crippen MR) is 72.1 cm³/mol. The van der Waals surface area contributed by atoms with Gasteiger partial charge in [0.1, 0.15) is 6.61 Å². The Balaban J connectivity index is 2.15. The average molecular weight is 374 g/mol. The van der Waals surface area contributed by atoms with Gasteiger partial charge in [-0.05, 0) is 17.7 Å². The molecule has 0 radical (unpaired) electrons. The van der Waals surface area contributed by atoms with Crippen molar-refractivity contribution in [1.29, 1.82) is 0 Å². The van der Waals surface area contributed by atoms with E-state index in [2.05, 4.69) is 30.6 Å². The van der Waals surface area contributed by atoms with Crippen LogP contribution in [0, 0.1) is 0 Å². The fourth-order valence-electron chi connectivity index (χ4n) is 1.68. The molecule has 0 bridgehead atoms. The van der Waals surface area contributed by atoms with E-state index in [0.29, 0.717) is 21.1 Å². The molecule has 2 rings (SSSR count). The lowest BCUT2D eigenvalue weighted by Gasteiger charge is -2.13. The summed E-state index contributed by atoms with van der Waals surface area (Å²) in [7, 11) is 0. The minimum Gasteiger partial charge on any atom is -0.370 e. The Bertz CT molecular complexity index is 668. The number of nitrogens with one attached hydrogen (secondary N) is 2. The van der Waals surface area contributed by atoms with Gasteiger partial charge in [0.25, 0.3) is 0 Å². The quantitative estimate of drug-likeness (QED) is 0.806. The second-order valence-corrected chi connectivity index (χ2v) is 5.48. The zero-order chi connectivity index (χ0) is 14.9. The molecule has 0 amide bonds. The van der Waals surface area contributed by atoms with Crippen molar-refractivity contribution in [2.75, 3.05) is 13.2 Å². The largest absolute Gasteiger partial charge is 0.411 e. The van der Waals surface area contributed by atoms with E-state index in [1.807, 2.05) is 0 Å². The molecule has 9 heteroatoms. The van der Waals surface area contributed by atoms with E-state index < -0.39 is 18.2 Å². The fourth-order valence-corrected chi connectivity index (χ4v) is 2.70. The van der Waals surface area contributed by atoms with E-state index in [-0.39, 0.29) is 12.3 Å². The Morgan fingerprint density at radius 3 is 2.50 bits per heavy atom. The summed E-state index contributed by atoms with van der Waals surface area (Å²) in [5.41, 5.74) is 1.26. The van der Waals surface area contributed by atoms with Crippen molar-refractivity contribution in [2.24, 2.45) is 0 Å². The summed E-state index contributed by atoms with van der Waals surface area (Å²) >= 11 is 9.28. The van der Waals surface area contributed by atoms with Crippen LogP contribution in [0.1, 0.15) is 10.9 Å². The summed E-state index contributed by atoms with van der Waals surface area (Å²) in [5, 5.41) is -0.769. The molecule has 4 nitrogen and oxygen atoms in total. The van der Waals surface area contributed by atoms with Gasteiger partial charge in [0.15, 0.2) is 0 Å². The van der Waals surface area contributed by atoms with Crippen LogP contribution in [0.15, 0.2) is 21.4 Å². The molecule has 20 heavy (non-hydrogen) atoms. The number of H-pyrrole nitrogens is 2. The summed E-state index contributed by atoms with van der Waals surface area (Å²) in [6.45, 7) is -1.64. The first kappa shape index (κ1) is 15.4. The highest BCUT2D eigenvalue weighted by molar-refractivity contribution is 9.10. The van der Waals surface area contributed by atoms with Gasteiger partial charge in [-0.15, -0.1) is 11.6 Å². The van der Waals surface area contributed by atoms with E-state index in [0.717, 1.165) is 0 Å². The van der Waals surface area contributed by atoms with Gasteiger partial charge in [-0.1, -0.05) is 15.9 Å². The molecule has 2 aromatic rings. The van der Waals surface area contributed by atoms with E-state index >= 15 is 0 Å². The summed E-state index contributed by atoms with van der Waals surface area (Å²) in [6.07, 6.45) is -4.39. The van der Waals surface area contributed by atoms with Crippen molar-refractivity contribution >= 4 is 38.6 Å². The van der Waals surface area contributed by atoms with E-state index in [1.165, 1.54) is 0 Å². The minimum absolute atomic E-state index is 0.292. The van der Waals surface area contributed by atoms with Crippen LogP contribution in [0.5, 0.6) is 0 Å². The smallest absolute Gasteiger partial charge is 0.370 e. The molecule has 1 unspecified atom stereocenters. The normalized spacial score (nSPS) is 13.8. The maximum Gasteiger partial charge on any atom is 0.411 e. The SMILES string of the molecule is O=c1[nH]c2cc(Br)c(C(Cl)COCC(F)(F)F)cc2[nH]1. The standard InChI is InChI=1S/C11H9BrClF3N2O2/c12-6-2-9-8(17-10(19)18-9)1-5(6)7(13)3-20-4-11(14,15)16/h1-2,7H,3-4H2,(H2,17,18,19). The minimum atomic E-state index is -4.39.